The second-order valence-corrected chi connectivity index (χ2v) is 6.33. The summed E-state index contributed by atoms with van der Waals surface area (Å²) < 4.78 is 64.6. The van der Waals surface area contributed by atoms with Crippen LogP contribution in [0.3, 0.4) is 0 Å². The molecule has 2 N–H and O–H groups in total. The molecule has 1 rings (SSSR count). The van der Waals surface area contributed by atoms with Crippen molar-refractivity contribution in [2.45, 2.75) is 36.9 Å². The van der Waals surface area contributed by atoms with Gasteiger partial charge in [-0.05, 0) is 24.6 Å². The molecule has 126 valence electrons. The number of carboxylic acid groups (broad SMARTS) is 1. The zero-order valence-corrected chi connectivity index (χ0v) is 12.7. The van der Waals surface area contributed by atoms with Gasteiger partial charge in [-0.15, -0.1) is 0 Å². The molecule has 0 aliphatic rings. The van der Waals surface area contributed by atoms with E-state index < -0.39 is 44.2 Å². The predicted octanol–water partition coefficient (Wildman–Crippen LogP) is 2.11. The third-order valence-electron chi connectivity index (χ3n) is 2.90. The summed E-state index contributed by atoms with van der Waals surface area (Å²) in [5.74, 6) is -1.43. The average Bonchev–Trinajstić information content (AvgIpc) is 2.44. The number of hydrogen-bond donors (Lipinski definition) is 2. The molecule has 0 amide bonds. The summed E-state index contributed by atoms with van der Waals surface area (Å²) >= 11 is 0. The van der Waals surface area contributed by atoms with E-state index in [0.29, 0.717) is 12.5 Å². The Hall–Kier alpha value is -2.12. The molecule has 10 heteroatoms. The second kappa shape index (κ2) is 6.97. The van der Waals surface area contributed by atoms with Crippen LogP contribution in [0.5, 0.6) is 0 Å². The average molecular weight is 350 g/mol. The van der Waals surface area contributed by atoms with Crippen LogP contribution < -0.4 is 4.72 Å². The lowest BCUT2D eigenvalue weighted by atomic mass is 10.1. The molecule has 0 fully saturated rings. The van der Waals surface area contributed by atoms with Crippen LogP contribution in [-0.2, 0) is 21.0 Å². The third kappa shape index (κ3) is 4.67. The van der Waals surface area contributed by atoms with Crippen LogP contribution in [-0.4, -0.2) is 25.5 Å². The van der Waals surface area contributed by atoms with Gasteiger partial charge in [0.05, 0.1) is 22.1 Å². The van der Waals surface area contributed by atoms with Crippen LogP contribution in [0.15, 0.2) is 23.1 Å². The minimum Gasteiger partial charge on any atom is -0.480 e. The van der Waals surface area contributed by atoms with Crippen LogP contribution >= 0.6 is 0 Å². The highest BCUT2D eigenvalue weighted by Gasteiger charge is 2.35. The minimum absolute atomic E-state index is 0.0169. The number of hydrogen-bond acceptors (Lipinski definition) is 4. The van der Waals surface area contributed by atoms with Crippen LogP contribution in [0.4, 0.5) is 13.2 Å². The monoisotopic (exact) mass is 350 g/mol. The van der Waals surface area contributed by atoms with Crippen molar-refractivity contribution in [1.29, 1.82) is 5.26 Å². The lowest BCUT2D eigenvalue weighted by molar-refractivity contribution is -0.139. The lowest BCUT2D eigenvalue weighted by Gasteiger charge is -2.15. The van der Waals surface area contributed by atoms with Gasteiger partial charge in [0, 0.05) is 0 Å². The molecular formula is C13H13F3N2O4S. The van der Waals surface area contributed by atoms with Crippen molar-refractivity contribution in [3.05, 3.63) is 29.3 Å². The van der Waals surface area contributed by atoms with E-state index in [2.05, 4.69) is 0 Å². The topological polar surface area (TPSA) is 107 Å². The van der Waals surface area contributed by atoms with Gasteiger partial charge < -0.3 is 5.11 Å². The van der Waals surface area contributed by atoms with E-state index in [0.717, 1.165) is 12.1 Å². The molecule has 0 saturated heterocycles. The Morgan fingerprint density at radius 3 is 2.48 bits per heavy atom. The fraction of sp³-hybridized carbons (Fsp3) is 0.385. The van der Waals surface area contributed by atoms with E-state index in [1.807, 2.05) is 4.72 Å². The Labute approximate surface area is 130 Å². The number of nitrogens with one attached hydrogen (secondary N) is 1. The van der Waals surface area contributed by atoms with E-state index >= 15 is 0 Å². The first kappa shape index (κ1) is 18.9. The molecule has 0 saturated carbocycles. The molecule has 0 radical (unpaired) electrons. The molecule has 0 bridgehead atoms. The molecule has 1 unspecified atom stereocenters. The number of aliphatic carboxylic acids is 1. The smallest absolute Gasteiger partial charge is 0.417 e. The maximum Gasteiger partial charge on any atom is 0.417 e. The molecule has 0 heterocycles. The first-order valence-corrected chi connectivity index (χ1v) is 7.87. The van der Waals surface area contributed by atoms with Crippen molar-refractivity contribution in [1.82, 2.24) is 4.72 Å². The van der Waals surface area contributed by atoms with Gasteiger partial charge in [0.15, 0.2) is 0 Å². The van der Waals surface area contributed by atoms with Crippen LogP contribution in [0.2, 0.25) is 0 Å². The molecular weight excluding hydrogens is 337 g/mol. The molecule has 0 aliphatic heterocycles. The largest absolute Gasteiger partial charge is 0.480 e. The van der Waals surface area contributed by atoms with Crippen molar-refractivity contribution in [3.63, 3.8) is 0 Å². The normalized spacial score (nSPS) is 13.3. The molecule has 1 aromatic rings. The molecule has 0 aromatic heterocycles. The van der Waals surface area contributed by atoms with E-state index in [9.17, 15) is 26.4 Å². The number of halogens is 3. The van der Waals surface area contributed by atoms with Gasteiger partial charge in [0.25, 0.3) is 0 Å². The highest BCUT2D eigenvalue weighted by Crippen LogP contribution is 2.33. The summed E-state index contributed by atoms with van der Waals surface area (Å²) in [7, 11) is -4.47. The van der Waals surface area contributed by atoms with Crippen LogP contribution in [0.25, 0.3) is 0 Å². The highest BCUT2D eigenvalue weighted by molar-refractivity contribution is 7.89. The fourth-order valence-electron chi connectivity index (χ4n) is 1.80. The number of benzene rings is 1. The SMILES string of the molecule is CCCC(NS(=O)(=O)c1ccc(C#N)c(C(F)(F)F)c1)C(=O)O. The number of alkyl halides is 3. The zero-order valence-electron chi connectivity index (χ0n) is 11.9. The maximum atomic E-state index is 12.9. The predicted molar refractivity (Wildman–Crippen MR) is 72.8 cm³/mol. The second-order valence-electron chi connectivity index (χ2n) is 4.62. The number of rotatable bonds is 6. The zero-order chi connectivity index (χ0) is 17.8. The summed E-state index contributed by atoms with van der Waals surface area (Å²) in [4.78, 5) is 10.2. The first-order valence-electron chi connectivity index (χ1n) is 6.39. The Balaban J connectivity index is 3.29. The first-order chi connectivity index (χ1) is 10.5. The standard InChI is InChI=1S/C13H13F3N2O4S/c1-2-3-11(12(19)20)18-23(21,22)9-5-4-8(7-17)10(6-9)13(14,15)16/h4-6,11,18H,2-3H2,1H3,(H,19,20). The van der Waals surface area contributed by atoms with Crippen LogP contribution in [0.1, 0.15) is 30.9 Å². The molecule has 0 spiro atoms. The highest BCUT2D eigenvalue weighted by atomic mass is 32.2. The van der Waals surface area contributed by atoms with Crippen LogP contribution in [0, 0.1) is 11.3 Å². The fourth-order valence-corrected chi connectivity index (χ4v) is 3.05. The quantitative estimate of drug-likeness (QED) is 0.817. The number of carbonyl (C=O) groups is 1. The Morgan fingerprint density at radius 2 is 2.04 bits per heavy atom. The number of nitrogens with zero attached hydrogens (tertiary/aromatic N) is 1. The van der Waals surface area contributed by atoms with Gasteiger partial charge in [-0.2, -0.15) is 23.2 Å². The van der Waals surface area contributed by atoms with Crippen molar-refractivity contribution >= 4 is 16.0 Å². The van der Waals surface area contributed by atoms with Gasteiger partial charge in [-0.3, -0.25) is 4.79 Å². The molecule has 1 aromatic carbocycles. The third-order valence-corrected chi connectivity index (χ3v) is 4.37. The lowest BCUT2D eigenvalue weighted by Crippen LogP contribution is -2.40. The van der Waals surface area contributed by atoms with E-state index in [-0.39, 0.29) is 6.42 Å². The van der Waals surface area contributed by atoms with E-state index in [1.54, 1.807) is 6.92 Å². The van der Waals surface area contributed by atoms with E-state index in [4.69, 9.17) is 10.4 Å². The van der Waals surface area contributed by atoms with Crippen molar-refractivity contribution in [3.8, 4) is 6.07 Å². The van der Waals surface area contributed by atoms with E-state index in [1.165, 1.54) is 6.07 Å². The maximum absolute atomic E-state index is 12.9. The van der Waals surface area contributed by atoms with Gasteiger partial charge >= 0.3 is 12.1 Å². The number of carboxylic acids is 1. The number of nitriles is 1. The Kier molecular flexibility index (Phi) is 5.74. The van der Waals surface area contributed by atoms with Crippen molar-refractivity contribution in [2.24, 2.45) is 0 Å². The minimum atomic E-state index is -4.91. The summed E-state index contributed by atoms with van der Waals surface area (Å²) in [6, 6.07) is 1.74. The summed E-state index contributed by atoms with van der Waals surface area (Å²) in [6.07, 6.45) is -4.57. The van der Waals surface area contributed by atoms with Gasteiger partial charge in [0.2, 0.25) is 10.0 Å². The Bertz CT molecular complexity index is 739. The Morgan fingerprint density at radius 1 is 1.43 bits per heavy atom. The number of sulfonamides is 1. The van der Waals surface area contributed by atoms with Gasteiger partial charge in [0.1, 0.15) is 6.04 Å². The molecule has 0 aliphatic carbocycles. The van der Waals surface area contributed by atoms with Gasteiger partial charge in [-0.1, -0.05) is 13.3 Å². The molecule has 1 atom stereocenters. The molecule has 23 heavy (non-hydrogen) atoms. The summed E-state index contributed by atoms with van der Waals surface area (Å²) in [5, 5.41) is 17.6. The summed E-state index contributed by atoms with van der Waals surface area (Å²) in [5.41, 5.74) is -2.12. The molecule has 6 nitrogen and oxygen atoms in total. The summed E-state index contributed by atoms with van der Waals surface area (Å²) in [6.45, 7) is 1.63. The van der Waals surface area contributed by atoms with Crippen molar-refractivity contribution in [2.75, 3.05) is 0 Å². The van der Waals surface area contributed by atoms with Gasteiger partial charge in [-0.25, -0.2) is 8.42 Å². The van der Waals surface area contributed by atoms with Crippen molar-refractivity contribution < 1.29 is 31.5 Å².